The van der Waals surface area contributed by atoms with Crippen molar-refractivity contribution >= 4 is 28.0 Å². The van der Waals surface area contributed by atoms with Gasteiger partial charge in [-0.15, -0.1) is 0 Å². The molecule has 130 valence electrons. The van der Waals surface area contributed by atoms with E-state index < -0.39 is 0 Å². The molecule has 0 fully saturated rings. The van der Waals surface area contributed by atoms with Crippen LogP contribution in [0.5, 0.6) is 0 Å². The highest BCUT2D eigenvalue weighted by atomic mass is 16.6. The molecule has 1 aromatic heterocycles. The fraction of sp³-hybridized carbons (Fsp3) is 0.278. The summed E-state index contributed by atoms with van der Waals surface area (Å²) in [5.41, 5.74) is 1.61. The van der Waals surface area contributed by atoms with Gasteiger partial charge in [0.15, 0.2) is 0 Å². The highest BCUT2D eigenvalue weighted by Crippen LogP contribution is 2.28. The Morgan fingerprint density at radius 3 is 2.60 bits per heavy atom. The molecule has 0 aliphatic heterocycles. The first-order valence-corrected chi connectivity index (χ1v) is 8.27. The molecule has 0 amide bonds. The number of hydrogen-bond acceptors (Lipinski definition) is 5. The van der Waals surface area contributed by atoms with E-state index in [1.807, 2.05) is 31.2 Å². The second-order valence-electron chi connectivity index (χ2n) is 5.76. The topological polar surface area (TPSA) is 85.0 Å². The van der Waals surface area contributed by atoms with Gasteiger partial charge in [0, 0.05) is 31.2 Å². The standard InChI is InChI=1S/C18H21N5O2/c1-3-15-17(23(24)25)18(22(2)21-15)20-12-11-19-16-10-6-8-13-7-4-5-9-14(13)16/h4-10,19-20H,3,11-12H2,1-2H3. The third kappa shape index (κ3) is 3.40. The van der Waals surface area contributed by atoms with Gasteiger partial charge < -0.3 is 10.6 Å². The minimum Gasteiger partial charge on any atom is -0.383 e. The third-order valence-electron chi connectivity index (χ3n) is 4.13. The molecule has 0 spiro atoms. The van der Waals surface area contributed by atoms with Gasteiger partial charge in [0.25, 0.3) is 0 Å². The van der Waals surface area contributed by atoms with E-state index in [4.69, 9.17) is 0 Å². The van der Waals surface area contributed by atoms with Crippen molar-refractivity contribution in [1.82, 2.24) is 9.78 Å². The number of nitrogens with one attached hydrogen (secondary N) is 2. The van der Waals surface area contributed by atoms with Gasteiger partial charge in [-0.1, -0.05) is 43.3 Å². The number of benzene rings is 2. The summed E-state index contributed by atoms with van der Waals surface area (Å²) in [6.07, 6.45) is 0.528. The Balaban J connectivity index is 1.68. The van der Waals surface area contributed by atoms with Crippen LogP contribution in [0.15, 0.2) is 42.5 Å². The van der Waals surface area contributed by atoms with Crippen molar-refractivity contribution < 1.29 is 4.92 Å². The average molecular weight is 339 g/mol. The van der Waals surface area contributed by atoms with Crippen molar-refractivity contribution in [2.24, 2.45) is 7.05 Å². The molecule has 0 aliphatic carbocycles. The van der Waals surface area contributed by atoms with Crippen LogP contribution >= 0.6 is 0 Å². The quantitative estimate of drug-likeness (QED) is 0.390. The number of aromatic nitrogens is 2. The molecule has 0 aliphatic rings. The molecule has 7 heteroatoms. The smallest absolute Gasteiger partial charge is 0.333 e. The number of anilines is 2. The molecule has 3 rings (SSSR count). The number of hydrogen-bond donors (Lipinski definition) is 2. The molecule has 2 N–H and O–H groups in total. The van der Waals surface area contributed by atoms with Crippen LogP contribution in [-0.4, -0.2) is 27.8 Å². The molecular formula is C18H21N5O2. The number of nitro groups is 1. The van der Waals surface area contributed by atoms with Crippen molar-refractivity contribution in [2.45, 2.75) is 13.3 Å². The zero-order valence-electron chi connectivity index (χ0n) is 14.3. The maximum atomic E-state index is 11.3. The van der Waals surface area contributed by atoms with Gasteiger partial charge in [0.1, 0.15) is 5.69 Å². The monoisotopic (exact) mass is 339 g/mol. The molecule has 7 nitrogen and oxygen atoms in total. The lowest BCUT2D eigenvalue weighted by Gasteiger charge is -2.11. The molecule has 0 bridgehead atoms. The largest absolute Gasteiger partial charge is 0.383 e. The lowest BCUT2D eigenvalue weighted by Crippen LogP contribution is -2.16. The lowest BCUT2D eigenvalue weighted by molar-refractivity contribution is -0.384. The van der Waals surface area contributed by atoms with Gasteiger partial charge in [0.05, 0.1) is 4.92 Å². The van der Waals surface area contributed by atoms with Crippen molar-refractivity contribution in [3.63, 3.8) is 0 Å². The van der Waals surface area contributed by atoms with Crippen LogP contribution in [-0.2, 0) is 13.5 Å². The molecule has 0 atom stereocenters. The summed E-state index contributed by atoms with van der Waals surface area (Å²) in [4.78, 5) is 10.9. The van der Waals surface area contributed by atoms with Crippen molar-refractivity contribution in [2.75, 3.05) is 23.7 Å². The average Bonchev–Trinajstić information content (AvgIpc) is 2.94. The van der Waals surface area contributed by atoms with Gasteiger partial charge in [0.2, 0.25) is 5.82 Å². The van der Waals surface area contributed by atoms with Crippen LogP contribution in [0.4, 0.5) is 17.2 Å². The molecule has 0 saturated carbocycles. The number of rotatable bonds is 7. The first-order chi connectivity index (χ1) is 12.1. The van der Waals surface area contributed by atoms with Crippen LogP contribution in [0.1, 0.15) is 12.6 Å². The normalized spacial score (nSPS) is 10.8. The molecule has 25 heavy (non-hydrogen) atoms. The molecule has 0 unspecified atom stereocenters. The van der Waals surface area contributed by atoms with Gasteiger partial charge >= 0.3 is 5.69 Å². The fourth-order valence-corrected chi connectivity index (χ4v) is 2.95. The summed E-state index contributed by atoms with van der Waals surface area (Å²) in [6, 6.07) is 14.3. The summed E-state index contributed by atoms with van der Waals surface area (Å²) in [7, 11) is 1.71. The van der Waals surface area contributed by atoms with E-state index in [9.17, 15) is 10.1 Å². The summed E-state index contributed by atoms with van der Waals surface area (Å²) < 4.78 is 1.54. The number of nitrogens with zero attached hydrogens (tertiary/aromatic N) is 3. The zero-order valence-corrected chi connectivity index (χ0v) is 14.3. The Morgan fingerprint density at radius 2 is 1.84 bits per heavy atom. The predicted octanol–water partition coefficient (Wildman–Crippen LogP) is 3.57. The third-order valence-corrected chi connectivity index (χ3v) is 4.13. The van der Waals surface area contributed by atoms with Gasteiger partial charge in [-0.25, -0.2) is 4.68 Å². The molecule has 2 aromatic carbocycles. The summed E-state index contributed by atoms with van der Waals surface area (Å²) in [5.74, 6) is 0.446. The zero-order chi connectivity index (χ0) is 17.8. The fourth-order valence-electron chi connectivity index (χ4n) is 2.95. The molecule has 3 aromatic rings. The summed E-state index contributed by atoms with van der Waals surface area (Å²) in [5, 5.41) is 24.4. The van der Waals surface area contributed by atoms with E-state index in [2.05, 4.69) is 33.9 Å². The van der Waals surface area contributed by atoms with E-state index in [1.54, 1.807) is 7.05 Å². The Labute approximate surface area is 145 Å². The Hall–Kier alpha value is -3.09. The minimum absolute atomic E-state index is 0.0650. The van der Waals surface area contributed by atoms with E-state index in [0.29, 0.717) is 31.0 Å². The van der Waals surface area contributed by atoms with Crippen LogP contribution in [0, 0.1) is 10.1 Å². The van der Waals surface area contributed by atoms with Crippen LogP contribution in [0.2, 0.25) is 0 Å². The van der Waals surface area contributed by atoms with Crippen molar-refractivity contribution in [3.05, 3.63) is 58.3 Å². The summed E-state index contributed by atoms with van der Waals surface area (Å²) in [6.45, 7) is 3.05. The van der Waals surface area contributed by atoms with Crippen LogP contribution in [0.25, 0.3) is 10.8 Å². The Morgan fingerprint density at radius 1 is 1.12 bits per heavy atom. The molecule has 1 heterocycles. The van der Waals surface area contributed by atoms with Gasteiger partial charge in [-0.05, 0) is 17.9 Å². The highest BCUT2D eigenvalue weighted by Gasteiger charge is 2.25. The van der Waals surface area contributed by atoms with Gasteiger partial charge in [-0.2, -0.15) is 5.10 Å². The predicted molar refractivity (Wildman–Crippen MR) is 100 cm³/mol. The lowest BCUT2D eigenvalue weighted by atomic mass is 10.1. The van der Waals surface area contributed by atoms with Crippen LogP contribution < -0.4 is 10.6 Å². The maximum absolute atomic E-state index is 11.3. The molecular weight excluding hydrogens is 318 g/mol. The highest BCUT2D eigenvalue weighted by molar-refractivity contribution is 5.93. The maximum Gasteiger partial charge on any atom is 0.333 e. The van der Waals surface area contributed by atoms with Crippen molar-refractivity contribution in [1.29, 1.82) is 0 Å². The second-order valence-corrected chi connectivity index (χ2v) is 5.76. The number of aryl methyl sites for hydroxylation is 2. The number of fused-ring (bicyclic) bond motifs is 1. The first-order valence-electron chi connectivity index (χ1n) is 8.27. The van der Waals surface area contributed by atoms with E-state index >= 15 is 0 Å². The molecule has 0 saturated heterocycles. The van der Waals surface area contributed by atoms with Crippen LogP contribution in [0.3, 0.4) is 0 Å². The Kier molecular flexibility index (Phi) is 4.83. The summed E-state index contributed by atoms with van der Waals surface area (Å²) >= 11 is 0. The Bertz CT molecular complexity index is 898. The van der Waals surface area contributed by atoms with E-state index in [-0.39, 0.29) is 10.6 Å². The SMILES string of the molecule is CCc1nn(C)c(NCCNc2cccc3ccccc23)c1[N+](=O)[O-]. The van der Waals surface area contributed by atoms with Crippen molar-refractivity contribution in [3.8, 4) is 0 Å². The minimum atomic E-state index is -0.369. The first kappa shape index (κ1) is 16.8. The molecule has 0 radical (unpaired) electrons. The second kappa shape index (κ2) is 7.21. The van der Waals surface area contributed by atoms with E-state index in [0.717, 1.165) is 11.1 Å². The van der Waals surface area contributed by atoms with Gasteiger partial charge in [-0.3, -0.25) is 10.1 Å². The van der Waals surface area contributed by atoms with E-state index in [1.165, 1.54) is 10.1 Å².